The van der Waals surface area contributed by atoms with Crippen LogP contribution in [-0.2, 0) is 16.9 Å². The van der Waals surface area contributed by atoms with Crippen molar-refractivity contribution < 1.29 is 14.3 Å². The van der Waals surface area contributed by atoms with E-state index in [0.717, 1.165) is 42.0 Å². The van der Waals surface area contributed by atoms with Gasteiger partial charge in [0.25, 0.3) is 0 Å². The minimum absolute atomic E-state index is 0.313. The van der Waals surface area contributed by atoms with Crippen molar-refractivity contribution in [3.8, 4) is 11.5 Å². The van der Waals surface area contributed by atoms with Crippen LogP contribution < -0.4 is 14.5 Å². The predicted molar refractivity (Wildman–Crippen MR) is 147 cm³/mol. The van der Waals surface area contributed by atoms with Gasteiger partial charge in [-0.3, -0.25) is 0 Å². The van der Waals surface area contributed by atoms with Crippen molar-refractivity contribution in [1.82, 2.24) is 0 Å². The van der Waals surface area contributed by atoms with Gasteiger partial charge in [-0.05, 0) is 49.7 Å². The van der Waals surface area contributed by atoms with Crippen LogP contribution in [0.3, 0.4) is 0 Å². The van der Waals surface area contributed by atoms with E-state index < -0.39 is 5.60 Å². The number of rotatable bonds is 6. The Labute approximate surface area is 217 Å². The fourth-order valence-corrected chi connectivity index (χ4v) is 5.72. The topological polar surface area (TPSA) is 42.0 Å². The van der Waals surface area contributed by atoms with Crippen molar-refractivity contribution in [3.63, 3.8) is 0 Å². The van der Waals surface area contributed by atoms with E-state index in [1.54, 1.807) is 0 Å². The second-order valence-corrected chi connectivity index (χ2v) is 9.55. The molecular formula is C32H30N2O3. The first-order valence-corrected chi connectivity index (χ1v) is 12.9. The summed E-state index contributed by atoms with van der Waals surface area (Å²) in [5, 5.41) is 0. The molecule has 37 heavy (non-hydrogen) atoms. The lowest BCUT2D eigenvalue weighted by molar-refractivity contribution is 0.0224. The number of hydrogen-bond acceptors (Lipinski definition) is 5. The highest BCUT2D eigenvalue weighted by Gasteiger charge is 2.53. The van der Waals surface area contributed by atoms with E-state index in [-0.39, 0.29) is 5.97 Å². The van der Waals surface area contributed by atoms with Gasteiger partial charge in [0.2, 0.25) is 0 Å². The number of esters is 1. The number of nitrogens with zero attached hydrogens (tertiary/aromatic N) is 2. The number of fused-ring (bicyclic) bond motifs is 6. The Hall–Kier alpha value is -4.25. The molecule has 5 nitrogen and oxygen atoms in total. The highest BCUT2D eigenvalue weighted by atomic mass is 16.6. The molecule has 0 amide bonds. The molecule has 0 aliphatic carbocycles. The predicted octanol–water partition coefficient (Wildman–Crippen LogP) is 6.74. The number of carbonyl (C=O) groups excluding carboxylic acids is 1. The monoisotopic (exact) mass is 490 g/mol. The van der Waals surface area contributed by atoms with Crippen LogP contribution in [0.2, 0.25) is 0 Å². The summed E-state index contributed by atoms with van der Waals surface area (Å²) < 4.78 is 12.7. The summed E-state index contributed by atoms with van der Waals surface area (Å²) in [5.41, 5.74) is 5.67. The van der Waals surface area contributed by atoms with E-state index in [0.29, 0.717) is 17.1 Å². The number of ether oxygens (including phenoxy) is 2. The Bertz CT molecular complexity index is 1490. The minimum Gasteiger partial charge on any atom is -0.456 e. The van der Waals surface area contributed by atoms with Gasteiger partial charge in [-0.25, -0.2) is 4.79 Å². The van der Waals surface area contributed by atoms with Crippen molar-refractivity contribution in [2.24, 2.45) is 0 Å². The van der Waals surface area contributed by atoms with Gasteiger partial charge in [0.05, 0.1) is 5.56 Å². The molecule has 0 aromatic heterocycles. The third-order valence-corrected chi connectivity index (χ3v) is 7.55. The maximum absolute atomic E-state index is 13.0. The van der Waals surface area contributed by atoms with Gasteiger partial charge in [-0.2, -0.15) is 0 Å². The molecule has 2 heterocycles. The number of carbonyl (C=O) groups is 1. The molecule has 0 N–H and O–H groups in total. The smallest absolute Gasteiger partial charge is 0.340 e. The number of benzene rings is 4. The first-order chi connectivity index (χ1) is 18.1. The van der Waals surface area contributed by atoms with Gasteiger partial charge in [0.1, 0.15) is 11.5 Å². The fourth-order valence-electron chi connectivity index (χ4n) is 5.72. The van der Waals surface area contributed by atoms with Crippen LogP contribution in [-0.4, -0.2) is 26.1 Å². The third kappa shape index (κ3) is 3.57. The Balaban J connectivity index is 1.42. The molecule has 5 heteroatoms. The molecule has 2 aliphatic rings. The standard InChI is InChI=1S/C32H30N2O3/c1-4-34(5-2)28-16-10-6-12-22(28)21-33(3)23-18-19-27-30(20-23)36-29-17-11-9-15-26(29)32(27)25-14-8-7-13-24(25)31(35)37-32/h6-20H,4-5,21H2,1-3H3. The summed E-state index contributed by atoms with van der Waals surface area (Å²) >= 11 is 0. The maximum atomic E-state index is 13.0. The summed E-state index contributed by atoms with van der Waals surface area (Å²) in [7, 11) is 2.10. The van der Waals surface area contributed by atoms with Crippen LogP contribution in [0, 0.1) is 0 Å². The average molecular weight is 491 g/mol. The Morgan fingerprint density at radius 3 is 2.24 bits per heavy atom. The zero-order chi connectivity index (χ0) is 25.6. The lowest BCUT2D eigenvalue weighted by atomic mass is 9.77. The summed E-state index contributed by atoms with van der Waals surface area (Å²) in [5.74, 6) is 1.09. The lowest BCUT2D eigenvalue weighted by Crippen LogP contribution is -2.33. The summed E-state index contributed by atoms with van der Waals surface area (Å²) in [6.07, 6.45) is 0. The highest BCUT2D eigenvalue weighted by molar-refractivity contribution is 5.97. The first kappa shape index (κ1) is 23.2. The van der Waals surface area contributed by atoms with Crippen LogP contribution in [0.1, 0.15) is 46.5 Å². The zero-order valence-corrected chi connectivity index (χ0v) is 21.4. The number of hydrogen-bond donors (Lipinski definition) is 0. The van der Waals surface area contributed by atoms with E-state index in [2.05, 4.69) is 67.1 Å². The molecule has 0 saturated carbocycles. The van der Waals surface area contributed by atoms with Gasteiger partial charge >= 0.3 is 5.97 Å². The highest BCUT2D eigenvalue weighted by Crippen LogP contribution is 2.56. The van der Waals surface area contributed by atoms with Crippen molar-refractivity contribution in [2.45, 2.75) is 26.0 Å². The van der Waals surface area contributed by atoms with Crippen LogP contribution >= 0.6 is 0 Å². The molecule has 0 fully saturated rings. The largest absolute Gasteiger partial charge is 0.456 e. The summed E-state index contributed by atoms with van der Waals surface area (Å²) in [6, 6.07) is 30.2. The van der Waals surface area contributed by atoms with E-state index in [9.17, 15) is 4.79 Å². The molecule has 0 radical (unpaired) electrons. The summed E-state index contributed by atoms with van der Waals surface area (Å²) in [4.78, 5) is 17.6. The van der Waals surface area contributed by atoms with Crippen LogP contribution in [0.15, 0.2) is 91.0 Å². The molecule has 4 aromatic carbocycles. The summed E-state index contributed by atoms with van der Waals surface area (Å²) in [6.45, 7) is 7.06. The SMILES string of the molecule is CCN(CC)c1ccccc1CN(C)c1ccc2c(c1)Oc1ccccc1C21OC(=O)c2ccccc21. The van der Waals surface area contributed by atoms with E-state index in [1.165, 1.54) is 11.3 Å². The lowest BCUT2D eigenvalue weighted by Gasteiger charge is -2.37. The Morgan fingerprint density at radius 1 is 0.757 bits per heavy atom. The first-order valence-electron chi connectivity index (χ1n) is 12.9. The van der Waals surface area contributed by atoms with Crippen molar-refractivity contribution >= 4 is 17.3 Å². The Kier molecular flexibility index (Phi) is 5.64. The second kappa shape index (κ2) is 9.00. The Morgan fingerprint density at radius 2 is 1.43 bits per heavy atom. The van der Waals surface area contributed by atoms with E-state index in [1.807, 2.05) is 54.6 Å². The molecular weight excluding hydrogens is 460 g/mol. The van der Waals surface area contributed by atoms with E-state index in [4.69, 9.17) is 9.47 Å². The fraction of sp³-hybridized carbons (Fsp3) is 0.219. The normalized spacial score (nSPS) is 16.9. The van der Waals surface area contributed by atoms with Gasteiger partial charge in [-0.15, -0.1) is 0 Å². The van der Waals surface area contributed by atoms with Crippen molar-refractivity contribution in [2.75, 3.05) is 29.9 Å². The average Bonchev–Trinajstić information content (AvgIpc) is 3.23. The van der Waals surface area contributed by atoms with Crippen molar-refractivity contribution in [1.29, 1.82) is 0 Å². The quantitative estimate of drug-likeness (QED) is 0.280. The molecule has 2 aliphatic heterocycles. The maximum Gasteiger partial charge on any atom is 0.340 e. The number of anilines is 2. The van der Waals surface area contributed by atoms with Crippen LogP contribution in [0.25, 0.3) is 0 Å². The molecule has 1 unspecified atom stereocenters. The van der Waals surface area contributed by atoms with Crippen LogP contribution in [0.4, 0.5) is 11.4 Å². The van der Waals surface area contributed by atoms with Crippen molar-refractivity contribution in [3.05, 3.63) is 119 Å². The third-order valence-electron chi connectivity index (χ3n) is 7.55. The number of para-hydroxylation sites is 2. The molecule has 1 atom stereocenters. The molecule has 1 spiro atoms. The minimum atomic E-state index is -1.02. The van der Waals surface area contributed by atoms with Crippen LogP contribution in [0.5, 0.6) is 11.5 Å². The van der Waals surface area contributed by atoms with Gasteiger partial charge < -0.3 is 19.3 Å². The van der Waals surface area contributed by atoms with Gasteiger partial charge in [-0.1, -0.05) is 54.6 Å². The molecule has 186 valence electrons. The van der Waals surface area contributed by atoms with Gasteiger partial charge in [0, 0.05) is 60.8 Å². The second-order valence-electron chi connectivity index (χ2n) is 9.55. The van der Waals surface area contributed by atoms with Gasteiger partial charge in [0.15, 0.2) is 5.60 Å². The molecule has 0 bridgehead atoms. The molecule has 0 saturated heterocycles. The molecule has 4 aromatic rings. The molecule has 6 rings (SSSR count). The zero-order valence-electron chi connectivity index (χ0n) is 21.4. The van der Waals surface area contributed by atoms with E-state index >= 15 is 0 Å².